The minimum Gasteiger partial charge on any atom is -0.466 e. The molecule has 0 aliphatic carbocycles. The van der Waals surface area contributed by atoms with Crippen molar-refractivity contribution in [2.45, 2.75) is 32.4 Å². The highest BCUT2D eigenvalue weighted by atomic mass is 16.5. The van der Waals surface area contributed by atoms with Crippen molar-refractivity contribution in [1.82, 2.24) is 10.6 Å². The van der Waals surface area contributed by atoms with Crippen LogP contribution in [0.4, 0.5) is 4.79 Å². The molecule has 1 aromatic rings. The van der Waals surface area contributed by atoms with Crippen molar-refractivity contribution >= 4 is 18.0 Å². The molecule has 0 bridgehead atoms. The van der Waals surface area contributed by atoms with Gasteiger partial charge in [-0.15, -0.1) is 0 Å². The van der Waals surface area contributed by atoms with Gasteiger partial charge >= 0.3 is 18.0 Å². The van der Waals surface area contributed by atoms with Gasteiger partial charge in [0.1, 0.15) is 6.61 Å². The SMILES string of the molecule is COC(=O)/C=C/C(=O)OC[C@H](Cc1ccccc1)NC(=O)NC(C)C. The summed E-state index contributed by atoms with van der Waals surface area (Å²) in [6.45, 7) is 3.68. The van der Waals surface area contributed by atoms with Crippen LogP contribution in [0.15, 0.2) is 42.5 Å². The molecule has 1 aromatic carbocycles. The van der Waals surface area contributed by atoms with Gasteiger partial charge in [0.05, 0.1) is 13.2 Å². The van der Waals surface area contributed by atoms with Crippen molar-refractivity contribution in [3.05, 3.63) is 48.0 Å². The lowest BCUT2D eigenvalue weighted by Crippen LogP contribution is -2.47. The summed E-state index contributed by atoms with van der Waals surface area (Å²) in [6, 6.07) is 8.78. The molecule has 0 saturated heterocycles. The molecule has 0 saturated carbocycles. The van der Waals surface area contributed by atoms with Crippen molar-refractivity contribution < 1.29 is 23.9 Å². The lowest BCUT2D eigenvalue weighted by atomic mass is 10.1. The Morgan fingerprint density at radius 3 is 2.28 bits per heavy atom. The molecule has 0 spiro atoms. The molecule has 2 N–H and O–H groups in total. The zero-order valence-electron chi connectivity index (χ0n) is 14.7. The van der Waals surface area contributed by atoms with Crippen molar-refractivity contribution in [3.8, 4) is 0 Å². The van der Waals surface area contributed by atoms with E-state index in [2.05, 4.69) is 15.4 Å². The Morgan fingerprint density at radius 1 is 1.04 bits per heavy atom. The van der Waals surface area contributed by atoms with Crippen molar-refractivity contribution in [2.75, 3.05) is 13.7 Å². The molecule has 0 radical (unpaired) electrons. The van der Waals surface area contributed by atoms with Gasteiger partial charge < -0.3 is 20.1 Å². The predicted octanol–water partition coefficient (Wildman–Crippen LogP) is 1.58. The average Bonchev–Trinajstić information content (AvgIpc) is 2.57. The molecule has 136 valence electrons. The Morgan fingerprint density at radius 2 is 1.68 bits per heavy atom. The fourth-order valence-electron chi connectivity index (χ4n) is 1.97. The van der Waals surface area contributed by atoms with Crippen LogP contribution >= 0.6 is 0 Å². The molecule has 0 fully saturated rings. The van der Waals surface area contributed by atoms with Gasteiger partial charge in [0, 0.05) is 18.2 Å². The Kier molecular flexibility index (Phi) is 8.78. The maximum atomic E-state index is 11.9. The Labute approximate surface area is 147 Å². The van der Waals surface area contributed by atoms with Crippen LogP contribution < -0.4 is 10.6 Å². The summed E-state index contributed by atoms with van der Waals surface area (Å²) in [5.74, 6) is -1.33. The van der Waals surface area contributed by atoms with E-state index in [9.17, 15) is 14.4 Å². The highest BCUT2D eigenvalue weighted by Gasteiger charge is 2.15. The smallest absolute Gasteiger partial charge is 0.331 e. The van der Waals surface area contributed by atoms with Crippen LogP contribution in [0.5, 0.6) is 0 Å². The number of urea groups is 1. The van der Waals surface area contributed by atoms with E-state index in [0.29, 0.717) is 6.42 Å². The van der Waals surface area contributed by atoms with Crippen LogP contribution in [0.1, 0.15) is 19.4 Å². The molecule has 0 aromatic heterocycles. The van der Waals surface area contributed by atoms with Gasteiger partial charge in [-0.2, -0.15) is 0 Å². The molecule has 25 heavy (non-hydrogen) atoms. The molecule has 1 atom stereocenters. The van der Waals surface area contributed by atoms with Gasteiger partial charge in [-0.1, -0.05) is 30.3 Å². The third-order valence-corrected chi connectivity index (χ3v) is 3.06. The molecular formula is C18H24N2O5. The number of benzene rings is 1. The van der Waals surface area contributed by atoms with Crippen LogP contribution in [0.2, 0.25) is 0 Å². The first-order valence-electron chi connectivity index (χ1n) is 7.94. The van der Waals surface area contributed by atoms with E-state index in [1.165, 1.54) is 7.11 Å². The first-order chi connectivity index (χ1) is 11.9. The quantitative estimate of drug-likeness (QED) is 0.549. The summed E-state index contributed by atoms with van der Waals surface area (Å²) in [7, 11) is 1.21. The number of amides is 2. The first-order valence-corrected chi connectivity index (χ1v) is 7.94. The first kappa shape index (κ1) is 20.2. The average molecular weight is 348 g/mol. The third kappa shape index (κ3) is 9.14. The third-order valence-electron chi connectivity index (χ3n) is 3.06. The Bertz CT molecular complexity index is 599. The van der Waals surface area contributed by atoms with E-state index < -0.39 is 18.0 Å². The summed E-state index contributed by atoms with van der Waals surface area (Å²) in [5.41, 5.74) is 0.999. The minimum absolute atomic E-state index is 0.0112. The van der Waals surface area contributed by atoms with Gasteiger partial charge in [0.25, 0.3) is 0 Å². The molecule has 0 unspecified atom stereocenters. The molecule has 7 heteroatoms. The van der Waals surface area contributed by atoms with Crippen molar-refractivity contribution in [2.24, 2.45) is 0 Å². The molecule has 0 heterocycles. The summed E-state index contributed by atoms with van der Waals surface area (Å²) in [5, 5.41) is 5.51. The lowest BCUT2D eigenvalue weighted by Gasteiger charge is -2.20. The fourth-order valence-corrected chi connectivity index (χ4v) is 1.97. The largest absolute Gasteiger partial charge is 0.466 e. The predicted molar refractivity (Wildman–Crippen MR) is 92.9 cm³/mol. The zero-order valence-corrected chi connectivity index (χ0v) is 14.7. The van der Waals surface area contributed by atoms with Crippen LogP contribution in [0, 0.1) is 0 Å². The number of hydrogen-bond donors (Lipinski definition) is 2. The maximum absolute atomic E-state index is 11.9. The minimum atomic E-state index is -0.686. The number of hydrogen-bond acceptors (Lipinski definition) is 5. The maximum Gasteiger partial charge on any atom is 0.331 e. The van der Waals surface area contributed by atoms with Gasteiger partial charge in [0.15, 0.2) is 0 Å². The summed E-state index contributed by atoms with van der Waals surface area (Å²) in [4.78, 5) is 34.5. The van der Waals surface area contributed by atoms with Crippen LogP contribution in [0.25, 0.3) is 0 Å². The highest BCUT2D eigenvalue weighted by Crippen LogP contribution is 2.04. The van der Waals surface area contributed by atoms with E-state index in [1.54, 1.807) is 0 Å². The topological polar surface area (TPSA) is 93.7 Å². The van der Waals surface area contributed by atoms with E-state index in [0.717, 1.165) is 17.7 Å². The standard InChI is InChI=1S/C18H24N2O5/c1-13(2)19-18(23)20-15(11-14-7-5-4-6-8-14)12-25-17(22)10-9-16(21)24-3/h4-10,13,15H,11-12H2,1-3H3,(H2,19,20,23)/b10-9+/t15-/m0/s1. The number of carbonyl (C=O) groups is 3. The molecule has 1 rings (SSSR count). The Balaban J connectivity index is 2.63. The molecule has 0 aliphatic heterocycles. The monoisotopic (exact) mass is 348 g/mol. The highest BCUT2D eigenvalue weighted by molar-refractivity contribution is 5.91. The van der Waals surface area contributed by atoms with Crippen molar-refractivity contribution in [1.29, 1.82) is 0 Å². The van der Waals surface area contributed by atoms with Gasteiger partial charge in [-0.25, -0.2) is 14.4 Å². The Hall–Kier alpha value is -2.83. The van der Waals surface area contributed by atoms with E-state index in [-0.39, 0.29) is 18.7 Å². The normalized spacial score (nSPS) is 11.8. The number of esters is 2. The van der Waals surface area contributed by atoms with Crippen LogP contribution in [-0.4, -0.2) is 43.8 Å². The number of carbonyl (C=O) groups excluding carboxylic acids is 3. The van der Waals surface area contributed by atoms with Gasteiger partial charge in [-0.05, 0) is 25.8 Å². The fraction of sp³-hybridized carbons (Fsp3) is 0.389. The summed E-state index contributed by atoms with van der Waals surface area (Å²) in [6.07, 6.45) is 2.47. The summed E-state index contributed by atoms with van der Waals surface area (Å²) >= 11 is 0. The molecular weight excluding hydrogens is 324 g/mol. The van der Waals surface area contributed by atoms with Gasteiger partial charge in [0.2, 0.25) is 0 Å². The second-order valence-corrected chi connectivity index (χ2v) is 5.65. The number of nitrogens with one attached hydrogen (secondary N) is 2. The van der Waals surface area contributed by atoms with E-state index >= 15 is 0 Å². The molecule has 7 nitrogen and oxygen atoms in total. The van der Waals surface area contributed by atoms with Crippen molar-refractivity contribution in [3.63, 3.8) is 0 Å². The lowest BCUT2D eigenvalue weighted by molar-refractivity contribution is -0.139. The van der Waals surface area contributed by atoms with Crippen LogP contribution in [-0.2, 0) is 25.5 Å². The number of ether oxygens (including phenoxy) is 2. The summed E-state index contributed by atoms with van der Waals surface area (Å²) < 4.78 is 9.50. The molecule has 0 aliphatic rings. The van der Waals surface area contributed by atoms with E-state index in [4.69, 9.17) is 4.74 Å². The number of methoxy groups -OCH3 is 1. The second-order valence-electron chi connectivity index (χ2n) is 5.65. The number of rotatable bonds is 8. The van der Waals surface area contributed by atoms with Crippen LogP contribution in [0.3, 0.4) is 0 Å². The zero-order chi connectivity index (χ0) is 18.7. The second kappa shape index (κ2) is 10.9. The van der Waals surface area contributed by atoms with E-state index in [1.807, 2.05) is 44.2 Å². The molecule has 2 amide bonds. The van der Waals surface area contributed by atoms with Gasteiger partial charge in [-0.3, -0.25) is 0 Å².